The van der Waals surface area contributed by atoms with Gasteiger partial charge in [0.25, 0.3) is 0 Å². The maximum absolute atomic E-state index is 12.6. The SMILES string of the molecule is CC(C)n1cc(S(=O)(=O)N2CCCC(O)C2)cc1C(=O)O. The molecule has 0 bridgehead atoms. The first-order chi connectivity index (χ1) is 9.73. The Morgan fingerprint density at radius 3 is 2.57 bits per heavy atom. The Balaban J connectivity index is 2.40. The van der Waals surface area contributed by atoms with Crippen LogP contribution in [0.2, 0.25) is 0 Å². The third kappa shape index (κ3) is 3.12. The summed E-state index contributed by atoms with van der Waals surface area (Å²) >= 11 is 0. The fourth-order valence-corrected chi connectivity index (χ4v) is 4.03. The lowest BCUT2D eigenvalue weighted by atomic mass is 10.1. The molecule has 0 spiro atoms. The number of hydrogen-bond donors (Lipinski definition) is 2. The molecule has 21 heavy (non-hydrogen) atoms. The fraction of sp³-hybridized carbons (Fsp3) is 0.615. The standard InChI is InChI=1S/C13H20N2O5S/c1-9(2)15-8-11(6-12(15)13(17)18)21(19,20)14-5-3-4-10(16)7-14/h6,8-10,16H,3-5,7H2,1-2H3,(H,17,18). The zero-order valence-corrected chi connectivity index (χ0v) is 12.9. The van der Waals surface area contributed by atoms with Crippen molar-refractivity contribution in [3.8, 4) is 0 Å². The Morgan fingerprint density at radius 2 is 2.10 bits per heavy atom. The number of carboxylic acids is 1. The number of aliphatic hydroxyl groups is 1. The summed E-state index contributed by atoms with van der Waals surface area (Å²) in [5.41, 5.74) is -0.0545. The first-order valence-electron chi connectivity index (χ1n) is 6.87. The van der Waals surface area contributed by atoms with Crippen LogP contribution in [0.15, 0.2) is 17.2 Å². The van der Waals surface area contributed by atoms with Crippen LogP contribution in [0.1, 0.15) is 43.2 Å². The van der Waals surface area contributed by atoms with E-state index in [9.17, 15) is 23.4 Å². The van der Waals surface area contributed by atoms with E-state index in [1.807, 2.05) is 0 Å². The summed E-state index contributed by atoms with van der Waals surface area (Å²) in [7, 11) is -3.77. The topological polar surface area (TPSA) is 99.8 Å². The minimum Gasteiger partial charge on any atom is -0.477 e. The number of hydrogen-bond acceptors (Lipinski definition) is 4. The van der Waals surface area contributed by atoms with Crippen LogP contribution in [0, 0.1) is 0 Å². The highest BCUT2D eigenvalue weighted by Crippen LogP contribution is 2.24. The molecule has 1 atom stereocenters. The van der Waals surface area contributed by atoms with Crippen LogP contribution in [-0.2, 0) is 10.0 Å². The summed E-state index contributed by atoms with van der Waals surface area (Å²) in [4.78, 5) is 11.2. The molecule has 7 nitrogen and oxygen atoms in total. The van der Waals surface area contributed by atoms with Crippen molar-refractivity contribution in [1.82, 2.24) is 8.87 Å². The maximum Gasteiger partial charge on any atom is 0.352 e. The van der Waals surface area contributed by atoms with Crippen molar-refractivity contribution in [3.63, 3.8) is 0 Å². The zero-order chi connectivity index (χ0) is 15.8. The number of aromatic carboxylic acids is 1. The fourth-order valence-electron chi connectivity index (χ4n) is 2.48. The second-order valence-electron chi connectivity index (χ2n) is 5.53. The van der Waals surface area contributed by atoms with Crippen molar-refractivity contribution in [3.05, 3.63) is 18.0 Å². The Kier molecular flexibility index (Phi) is 4.40. The number of aromatic nitrogens is 1. The molecule has 2 N–H and O–H groups in total. The Morgan fingerprint density at radius 1 is 1.43 bits per heavy atom. The highest BCUT2D eigenvalue weighted by atomic mass is 32.2. The van der Waals surface area contributed by atoms with Crippen molar-refractivity contribution in [2.45, 2.75) is 43.7 Å². The number of piperidine rings is 1. The zero-order valence-electron chi connectivity index (χ0n) is 12.1. The van der Waals surface area contributed by atoms with Gasteiger partial charge in [0, 0.05) is 25.3 Å². The molecule has 8 heteroatoms. The summed E-state index contributed by atoms with van der Waals surface area (Å²) in [6.07, 6.45) is 1.86. The van der Waals surface area contributed by atoms with Crippen molar-refractivity contribution >= 4 is 16.0 Å². The van der Waals surface area contributed by atoms with Gasteiger partial charge in [0.05, 0.1) is 6.10 Å². The van der Waals surface area contributed by atoms with Gasteiger partial charge >= 0.3 is 5.97 Å². The Bertz CT molecular complexity index is 635. The van der Waals surface area contributed by atoms with Crippen LogP contribution >= 0.6 is 0 Å². The van der Waals surface area contributed by atoms with Gasteiger partial charge in [-0.25, -0.2) is 13.2 Å². The molecule has 0 aliphatic carbocycles. The number of carbonyl (C=O) groups is 1. The molecule has 1 aliphatic rings. The molecule has 2 heterocycles. The number of sulfonamides is 1. The molecule has 0 amide bonds. The number of nitrogens with zero attached hydrogens (tertiary/aromatic N) is 2. The predicted octanol–water partition coefficient (Wildman–Crippen LogP) is 0.913. The quantitative estimate of drug-likeness (QED) is 0.860. The van der Waals surface area contributed by atoms with E-state index in [2.05, 4.69) is 0 Å². The first kappa shape index (κ1) is 16.0. The summed E-state index contributed by atoms with van der Waals surface area (Å²) in [5, 5.41) is 18.8. The minimum absolute atomic E-state index is 0.0392. The minimum atomic E-state index is -3.77. The van der Waals surface area contributed by atoms with Crippen LogP contribution in [-0.4, -0.2) is 52.7 Å². The average Bonchev–Trinajstić information content (AvgIpc) is 2.84. The molecule has 0 radical (unpaired) electrons. The molecule has 1 aromatic heterocycles. The summed E-state index contributed by atoms with van der Waals surface area (Å²) < 4.78 is 27.7. The third-order valence-electron chi connectivity index (χ3n) is 3.60. The highest BCUT2D eigenvalue weighted by molar-refractivity contribution is 7.89. The van der Waals surface area contributed by atoms with Crippen molar-refractivity contribution in [1.29, 1.82) is 0 Å². The third-order valence-corrected chi connectivity index (χ3v) is 5.43. The van der Waals surface area contributed by atoms with Gasteiger partial charge in [-0.15, -0.1) is 0 Å². The molecule has 0 aromatic carbocycles. The Labute approximate surface area is 123 Å². The van der Waals surface area contributed by atoms with E-state index in [0.29, 0.717) is 19.4 Å². The van der Waals surface area contributed by atoms with Gasteiger partial charge in [-0.2, -0.15) is 4.31 Å². The van der Waals surface area contributed by atoms with Crippen LogP contribution < -0.4 is 0 Å². The molecule has 1 aliphatic heterocycles. The van der Waals surface area contributed by atoms with E-state index in [4.69, 9.17) is 0 Å². The summed E-state index contributed by atoms with van der Waals surface area (Å²) in [5.74, 6) is -1.16. The number of rotatable bonds is 4. The van der Waals surface area contributed by atoms with E-state index in [-0.39, 0.29) is 23.2 Å². The van der Waals surface area contributed by atoms with Crippen LogP contribution in [0.4, 0.5) is 0 Å². The van der Waals surface area contributed by atoms with Gasteiger partial charge in [-0.3, -0.25) is 0 Å². The van der Waals surface area contributed by atoms with E-state index in [0.717, 1.165) is 0 Å². The van der Waals surface area contributed by atoms with E-state index in [1.165, 1.54) is 21.1 Å². The molecule has 1 unspecified atom stereocenters. The Hall–Kier alpha value is -1.38. The molecule has 2 rings (SSSR count). The van der Waals surface area contributed by atoms with Gasteiger partial charge in [0.1, 0.15) is 10.6 Å². The van der Waals surface area contributed by atoms with E-state index >= 15 is 0 Å². The van der Waals surface area contributed by atoms with Crippen molar-refractivity contribution < 1.29 is 23.4 Å². The molecule has 118 valence electrons. The summed E-state index contributed by atoms with van der Waals surface area (Å²) in [6, 6.07) is 1.02. The molecule has 1 aromatic rings. The highest BCUT2D eigenvalue weighted by Gasteiger charge is 2.31. The van der Waals surface area contributed by atoms with Gasteiger partial charge < -0.3 is 14.8 Å². The maximum atomic E-state index is 12.6. The second kappa shape index (κ2) is 5.78. The monoisotopic (exact) mass is 316 g/mol. The number of β-amino-alcohol motifs (C(OH)–C–C–N with tert-alkyl or cyclic N) is 1. The average molecular weight is 316 g/mol. The molecule has 0 saturated carbocycles. The lowest BCUT2D eigenvalue weighted by Gasteiger charge is -2.28. The predicted molar refractivity (Wildman–Crippen MR) is 75.8 cm³/mol. The van der Waals surface area contributed by atoms with Gasteiger partial charge in [0.15, 0.2) is 0 Å². The smallest absolute Gasteiger partial charge is 0.352 e. The molecule has 1 saturated heterocycles. The van der Waals surface area contributed by atoms with Crippen LogP contribution in [0.5, 0.6) is 0 Å². The van der Waals surface area contributed by atoms with Crippen molar-refractivity contribution in [2.24, 2.45) is 0 Å². The van der Waals surface area contributed by atoms with Gasteiger partial charge in [-0.1, -0.05) is 0 Å². The van der Waals surface area contributed by atoms with Crippen LogP contribution in [0.3, 0.4) is 0 Å². The van der Waals surface area contributed by atoms with Gasteiger partial charge in [0.2, 0.25) is 10.0 Å². The normalized spacial score (nSPS) is 20.9. The van der Waals surface area contributed by atoms with Gasteiger partial charge in [-0.05, 0) is 32.8 Å². The number of carboxylic acid groups (broad SMARTS) is 1. The second-order valence-corrected chi connectivity index (χ2v) is 7.46. The van der Waals surface area contributed by atoms with E-state index in [1.54, 1.807) is 13.8 Å². The lowest BCUT2D eigenvalue weighted by Crippen LogP contribution is -2.41. The largest absolute Gasteiger partial charge is 0.477 e. The molecule has 1 fully saturated rings. The summed E-state index contributed by atoms with van der Waals surface area (Å²) in [6.45, 7) is 3.97. The van der Waals surface area contributed by atoms with Crippen LogP contribution in [0.25, 0.3) is 0 Å². The van der Waals surface area contributed by atoms with Crippen molar-refractivity contribution in [2.75, 3.05) is 13.1 Å². The lowest BCUT2D eigenvalue weighted by molar-refractivity contribution is 0.0683. The molecular weight excluding hydrogens is 296 g/mol. The first-order valence-corrected chi connectivity index (χ1v) is 8.31. The molecular formula is C13H20N2O5S. The number of aliphatic hydroxyl groups excluding tert-OH is 1. The van der Waals surface area contributed by atoms with E-state index < -0.39 is 22.1 Å².